The lowest BCUT2D eigenvalue weighted by atomic mass is 9.97. The van der Waals surface area contributed by atoms with E-state index < -0.39 is 0 Å². The van der Waals surface area contributed by atoms with Crippen molar-refractivity contribution in [3.63, 3.8) is 0 Å². The van der Waals surface area contributed by atoms with Crippen molar-refractivity contribution in [2.75, 3.05) is 21.3 Å². The third-order valence-electron chi connectivity index (χ3n) is 5.73. The van der Waals surface area contributed by atoms with E-state index in [0.29, 0.717) is 29.5 Å². The number of hydrogen-bond donors (Lipinski definition) is 2. The van der Waals surface area contributed by atoms with Crippen molar-refractivity contribution in [1.82, 2.24) is 15.3 Å². The van der Waals surface area contributed by atoms with Gasteiger partial charge in [0, 0.05) is 35.9 Å². The fourth-order valence-corrected chi connectivity index (χ4v) is 5.35. The van der Waals surface area contributed by atoms with E-state index in [-0.39, 0.29) is 24.4 Å². The van der Waals surface area contributed by atoms with Gasteiger partial charge in [-0.1, -0.05) is 0 Å². The number of fused-ring (bicyclic) bond motifs is 3. The first-order chi connectivity index (χ1) is 15.5. The maximum Gasteiger partial charge on any atom is 0.259 e. The molecule has 1 aliphatic carbocycles. The molecule has 9 heteroatoms. The first kappa shape index (κ1) is 22.1. The summed E-state index contributed by atoms with van der Waals surface area (Å²) in [6.45, 7) is 0.281. The van der Waals surface area contributed by atoms with Gasteiger partial charge in [0.15, 0.2) is 11.5 Å². The fourth-order valence-electron chi connectivity index (χ4n) is 4.07. The van der Waals surface area contributed by atoms with Crippen molar-refractivity contribution in [3.05, 3.63) is 44.3 Å². The summed E-state index contributed by atoms with van der Waals surface area (Å²) in [7, 11) is 4.67. The van der Waals surface area contributed by atoms with Gasteiger partial charge in [-0.25, -0.2) is 4.98 Å². The SMILES string of the molecule is COc1cc(OC)c(OC)cc1CNC(=O)CCc1nc2sc3c(c2c(=O)[nH]1)CCCC3. The first-order valence-corrected chi connectivity index (χ1v) is 11.4. The Morgan fingerprint density at radius 3 is 2.56 bits per heavy atom. The molecule has 32 heavy (non-hydrogen) atoms. The Balaban J connectivity index is 1.41. The monoisotopic (exact) mass is 457 g/mol. The smallest absolute Gasteiger partial charge is 0.259 e. The molecule has 0 radical (unpaired) electrons. The maximum absolute atomic E-state index is 12.6. The van der Waals surface area contributed by atoms with Crippen LogP contribution in [0.4, 0.5) is 0 Å². The van der Waals surface area contributed by atoms with Crippen LogP contribution in [0.3, 0.4) is 0 Å². The number of hydrogen-bond acceptors (Lipinski definition) is 7. The predicted molar refractivity (Wildman–Crippen MR) is 123 cm³/mol. The molecule has 4 rings (SSSR count). The predicted octanol–water partition coefficient (Wildman–Crippen LogP) is 3.14. The summed E-state index contributed by atoms with van der Waals surface area (Å²) in [5.74, 6) is 2.11. The van der Waals surface area contributed by atoms with Crippen LogP contribution in [0.2, 0.25) is 0 Å². The number of carbonyl (C=O) groups excluding carboxylic acids is 1. The second-order valence-corrected chi connectivity index (χ2v) is 8.78. The zero-order valence-electron chi connectivity index (χ0n) is 18.5. The van der Waals surface area contributed by atoms with Gasteiger partial charge in [-0.2, -0.15) is 0 Å². The number of thiophene rings is 1. The summed E-state index contributed by atoms with van der Waals surface area (Å²) in [4.78, 5) is 34.7. The third kappa shape index (κ3) is 4.43. The molecule has 2 aromatic heterocycles. The molecule has 0 spiro atoms. The van der Waals surface area contributed by atoms with Gasteiger partial charge in [-0.15, -0.1) is 11.3 Å². The number of carbonyl (C=O) groups is 1. The van der Waals surface area contributed by atoms with Crippen LogP contribution in [-0.4, -0.2) is 37.2 Å². The third-order valence-corrected chi connectivity index (χ3v) is 6.91. The zero-order valence-corrected chi connectivity index (χ0v) is 19.3. The second kappa shape index (κ2) is 9.60. The molecule has 8 nitrogen and oxygen atoms in total. The normalized spacial score (nSPS) is 13.0. The maximum atomic E-state index is 12.6. The van der Waals surface area contributed by atoms with E-state index in [9.17, 15) is 9.59 Å². The molecule has 0 atom stereocenters. The summed E-state index contributed by atoms with van der Waals surface area (Å²) in [6.07, 6.45) is 4.83. The molecule has 170 valence electrons. The molecule has 0 saturated heterocycles. The molecule has 0 fully saturated rings. The molecule has 1 aromatic carbocycles. The highest BCUT2D eigenvalue weighted by Gasteiger charge is 2.20. The summed E-state index contributed by atoms with van der Waals surface area (Å²) in [5, 5.41) is 3.63. The summed E-state index contributed by atoms with van der Waals surface area (Å²) in [6, 6.07) is 3.51. The molecule has 1 amide bonds. The summed E-state index contributed by atoms with van der Waals surface area (Å²) >= 11 is 1.61. The van der Waals surface area contributed by atoms with Crippen LogP contribution in [0.1, 0.15) is 41.1 Å². The van der Waals surface area contributed by atoms with Crippen LogP contribution in [0, 0.1) is 0 Å². The minimum atomic E-state index is -0.143. The molecule has 0 unspecified atom stereocenters. The molecule has 0 bridgehead atoms. The van der Waals surface area contributed by atoms with E-state index in [1.165, 1.54) is 4.88 Å². The van der Waals surface area contributed by atoms with Gasteiger partial charge in [0.1, 0.15) is 16.4 Å². The molecule has 0 saturated carbocycles. The standard InChI is InChI=1S/C23H27N3O5S/c1-29-15-11-17(31-3)16(30-2)10-13(15)12-24-20(27)9-8-19-25-22(28)21-14-6-4-5-7-18(14)32-23(21)26-19/h10-11H,4-9,12H2,1-3H3,(H,24,27)(H,25,26,28). The number of nitrogens with one attached hydrogen (secondary N) is 2. The van der Waals surface area contributed by atoms with Crippen LogP contribution >= 0.6 is 11.3 Å². The van der Waals surface area contributed by atoms with Crippen molar-refractivity contribution in [1.29, 1.82) is 0 Å². The Morgan fingerprint density at radius 1 is 1.09 bits per heavy atom. The van der Waals surface area contributed by atoms with Crippen LogP contribution < -0.4 is 25.1 Å². The van der Waals surface area contributed by atoms with Crippen molar-refractivity contribution in [3.8, 4) is 17.2 Å². The Hall–Kier alpha value is -3.07. The van der Waals surface area contributed by atoms with E-state index in [0.717, 1.165) is 47.0 Å². The van der Waals surface area contributed by atoms with Crippen LogP contribution in [-0.2, 0) is 30.6 Å². The minimum absolute atomic E-state index is 0.0973. The van der Waals surface area contributed by atoms with Gasteiger partial charge in [0.05, 0.1) is 26.7 Å². The Morgan fingerprint density at radius 2 is 1.81 bits per heavy atom. The lowest BCUT2D eigenvalue weighted by molar-refractivity contribution is -0.121. The van der Waals surface area contributed by atoms with E-state index in [4.69, 9.17) is 14.2 Å². The van der Waals surface area contributed by atoms with Gasteiger partial charge in [-0.05, 0) is 37.3 Å². The number of H-pyrrole nitrogens is 1. The highest BCUT2D eigenvalue weighted by atomic mass is 32.1. The van der Waals surface area contributed by atoms with Crippen molar-refractivity contribution >= 4 is 27.5 Å². The Bertz CT molecular complexity index is 1200. The topological polar surface area (TPSA) is 103 Å². The average Bonchev–Trinajstić information content (AvgIpc) is 3.19. The van der Waals surface area contributed by atoms with Gasteiger partial charge in [0.2, 0.25) is 5.91 Å². The number of methoxy groups -OCH3 is 3. The lowest BCUT2D eigenvalue weighted by Gasteiger charge is -2.14. The first-order valence-electron chi connectivity index (χ1n) is 10.6. The lowest BCUT2D eigenvalue weighted by Crippen LogP contribution is -2.24. The van der Waals surface area contributed by atoms with Crippen molar-refractivity contribution in [2.45, 2.75) is 45.1 Å². The Labute approximate surface area is 189 Å². The molecule has 2 N–H and O–H groups in total. The molecule has 1 aliphatic rings. The quantitative estimate of drug-likeness (QED) is 0.539. The average molecular weight is 458 g/mol. The number of aromatic amines is 1. The minimum Gasteiger partial charge on any atom is -0.496 e. The number of nitrogens with zero attached hydrogens (tertiary/aromatic N) is 1. The summed E-state index contributed by atoms with van der Waals surface area (Å²) < 4.78 is 16.0. The molecular weight excluding hydrogens is 430 g/mol. The van der Waals surface area contributed by atoms with Gasteiger partial charge in [0.25, 0.3) is 5.56 Å². The number of aromatic nitrogens is 2. The van der Waals surface area contributed by atoms with Gasteiger partial charge < -0.3 is 24.5 Å². The summed E-state index contributed by atoms with van der Waals surface area (Å²) in [5.41, 5.74) is 1.84. The zero-order chi connectivity index (χ0) is 22.7. The molecule has 2 heterocycles. The highest BCUT2D eigenvalue weighted by Crippen LogP contribution is 2.35. The molecular formula is C23H27N3O5S. The highest BCUT2D eigenvalue weighted by molar-refractivity contribution is 7.18. The van der Waals surface area contributed by atoms with Crippen LogP contribution in [0.25, 0.3) is 10.2 Å². The number of aryl methyl sites for hydroxylation is 3. The second-order valence-electron chi connectivity index (χ2n) is 7.70. The molecule has 3 aromatic rings. The van der Waals surface area contributed by atoms with Gasteiger partial charge >= 0.3 is 0 Å². The number of rotatable bonds is 8. The van der Waals surface area contributed by atoms with E-state index in [2.05, 4.69) is 15.3 Å². The number of ether oxygens (including phenoxy) is 3. The number of benzene rings is 1. The van der Waals surface area contributed by atoms with Crippen molar-refractivity contribution < 1.29 is 19.0 Å². The Kier molecular flexibility index (Phi) is 6.64. The van der Waals surface area contributed by atoms with Crippen LogP contribution in [0.15, 0.2) is 16.9 Å². The van der Waals surface area contributed by atoms with Crippen LogP contribution in [0.5, 0.6) is 17.2 Å². The van der Waals surface area contributed by atoms with Gasteiger partial charge in [-0.3, -0.25) is 9.59 Å². The van der Waals surface area contributed by atoms with E-state index in [1.807, 2.05) is 0 Å². The van der Waals surface area contributed by atoms with Crippen molar-refractivity contribution in [2.24, 2.45) is 0 Å². The largest absolute Gasteiger partial charge is 0.496 e. The van der Waals surface area contributed by atoms with E-state index >= 15 is 0 Å². The van der Waals surface area contributed by atoms with E-state index in [1.54, 1.807) is 44.8 Å². The molecule has 0 aliphatic heterocycles. The number of amides is 1. The fraction of sp³-hybridized carbons (Fsp3) is 0.435.